The van der Waals surface area contributed by atoms with Gasteiger partial charge in [-0.1, -0.05) is 0 Å². The number of hydrogen-bond donors (Lipinski definition) is 1. The molecule has 0 aromatic carbocycles. The summed E-state index contributed by atoms with van der Waals surface area (Å²) in [7, 11) is 4.54. The summed E-state index contributed by atoms with van der Waals surface area (Å²) >= 11 is 4.97. The van der Waals surface area contributed by atoms with Crippen LogP contribution in [0.5, 0.6) is 0 Å². The largest absolute Gasteiger partial charge is 0.304 e. The minimum Gasteiger partial charge on any atom is -0.304 e. The summed E-state index contributed by atoms with van der Waals surface area (Å²) in [5.41, 5.74) is 0.520. The van der Waals surface area contributed by atoms with Gasteiger partial charge in [-0.2, -0.15) is 12.6 Å². The van der Waals surface area contributed by atoms with Crippen LogP contribution in [0.2, 0.25) is 0 Å². The molecule has 0 radical (unpaired) electrons. The van der Waals surface area contributed by atoms with Crippen LogP contribution in [0.25, 0.3) is 0 Å². The molecule has 0 aromatic heterocycles. The molecule has 2 atom stereocenters. The summed E-state index contributed by atoms with van der Waals surface area (Å²) in [5, 5.41) is 0. The average Bonchev–Trinajstić information content (AvgIpc) is 1.98. The van der Waals surface area contributed by atoms with Crippen molar-refractivity contribution in [3.05, 3.63) is 0 Å². The standard InChI is InChI=1S/C12H21NS.ClH/c1-13(2)11-4-9-3-10(5-11)7-12(14,6-9)8-11;/h9-10,14H,3-8H2,1-2H3;1H. The first-order valence-electron chi connectivity index (χ1n) is 5.91. The Morgan fingerprint density at radius 1 is 1.07 bits per heavy atom. The van der Waals surface area contributed by atoms with Gasteiger partial charge in [-0.25, -0.2) is 0 Å². The van der Waals surface area contributed by atoms with E-state index in [1.807, 2.05) is 0 Å². The van der Waals surface area contributed by atoms with Crippen LogP contribution in [0.1, 0.15) is 38.5 Å². The molecule has 0 saturated heterocycles. The molecule has 3 heteroatoms. The lowest BCUT2D eigenvalue weighted by Gasteiger charge is -2.62. The fourth-order valence-electron chi connectivity index (χ4n) is 4.69. The highest BCUT2D eigenvalue weighted by Crippen LogP contribution is 2.61. The van der Waals surface area contributed by atoms with E-state index in [1.54, 1.807) is 0 Å². The van der Waals surface area contributed by atoms with E-state index in [2.05, 4.69) is 19.0 Å². The maximum atomic E-state index is 4.97. The van der Waals surface area contributed by atoms with Gasteiger partial charge in [0.25, 0.3) is 0 Å². The van der Waals surface area contributed by atoms with Crippen molar-refractivity contribution in [3.63, 3.8) is 0 Å². The quantitative estimate of drug-likeness (QED) is 0.698. The van der Waals surface area contributed by atoms with Crippen molar-refractivity contribution in [2.45, 2.75) is 48.8 Å². The molecule has 15 heavy (non-hydrogen) atoms. The van der Waals surface area contributed by atoms with Crippen molar-refractivity contribution in [3.8, 4) is 0 Å². The Bertz CT molecular complexity index is 252. The zero-order valence-corrected chi connectivity index (χ0v) is 11.4. The second-order valence-electron chi connectivity index (χ2n) is 6.30. The third-order valence-electron chi connectivity index (χ3n) is 4.95. The zero-order chi connectivity index (χ0) is 9.97. The highest BCUT2D eigenvalue weighted by atomic mass is 35.5. The maximum absolute atomic E-state index is 4.97. The molecule has 0 amide bonds. The second kappa shape index (κ2) is 3.54. The summed E-state index contributed by atoms with van der Waals surface area (Å²) in [4.78, 5) is 2.50. The van der Waals surface area contributed by atoms with E-state index in [0.29, 0.717) is 10.3 Å². The molecule has 0 aromatic rings. The van der Waals surface area contributed by atoms with Crippen molar-refractivity contribution < 1.29 is 0 Å². The average molecular weight is 248 g/mol. The summed E-state index contributed by atoms with van der Waals surface area (Å²) in [6, 6.07) is 0. The Morgan fingerprint density at radius 3 is 2.00 bits per heavy atom. The van der Waals surface area contributed by atoms with Crippen LogP contribution < -0.4 is 0 Å². The molecule has 0 spiro atoms. The van der Waals surface area contributed by atoms with Crippen molar-refractivity contribution in [1.82, 2.24) is 4.90 Å². The lowest BCUT2D eigenvalue weighted by Crippen LogP contribution is -2.62. The summed E-state index contributed by atoms with van der Waals surface area (Å²) in [6.45, 7) is 0. The normalized spacial score (nSPS) is 52.0. The number of nitrogens with zero attached hydrogens (tertiary/aromatic N) is 1. The molecule has 0 aliphatic heterocycles. The second-order valence-corrected chi connectivity index (χ2v) is 7.25. The molecule has 2 unspecified atom stereocenters. The first-order valence-corrected chi connectivity index (χ1v) is 6.36. The van der Waals surface area contributed by atoms with Crippen molar-refractivity contribution in [1.29, 1.82) is 0 Å². The van der Waals surface area contributed by atoms with Gasteiger partial charge in [0.15, 0.2) is 0 Å². The summed E-state index contributed by atoms with van der Waals surface area (Å²) in [6.07, 6.45) is 8.50. The Morgan fingerprint density at radius 2 is 1.60 bits per heavy atom. The number of halogens is 1. The van der Waals surface area contributed by atoms with Gasteiger partial charge in [0.2, 0.25) is 0 Å². The minimum absolute atomic E-state index is 0. The number of thiol groups is 1. The van der Waals surface area contributed by atoms with E-state index in [1.165, 1.54) is 38.5 Å². The molecule has 4 fully saturated rings. The smallest absolute Gasteiger partial charge is 0.0221 e. The molecule has 4 aliphatic carbocycles. The molecule has 4 aliphatic rings. The molecule has 4 rings (SSSR count). The first kappa shape index (κ1) is 12.1. The predicted octanol–water partition coefficient (Wildman–Crippen LogP) is 2.99. The lowest BCUT2D eigenvalue weighted by molar-refractivity contribution is -0.0563. The molecule has 1 nitrogen and oxygen atoms in total. The molecule has 88 valence electrons. The lowest BCUT2D eigenvalue weighted by atomic mass is 9.52. The zero-order valence-electron chi connectivity index (χ0n) is 9.70. The van der Waals surface area contributed by atoms with Crippen LogP contribution in [0.15, 0.2) is 0 Å². The third-order valence-corrected chi connectivity index (χ3v) is 5.47. The Hall–Kier alpha value is 0.600. The van der Waals surface area contributed by atoms with Crippen LogP contribution in [0, 0.1) is 11.8 Å². The first-order chi connectivity index (χ1) is 6.51. The van der Waals surface area contributed by atoms with Crippen molar-refractivity contribution in [2.24, 2.45) is 11.8 Å². The summed E-state index contributed by atoms with van der Waals surface area (Å²) in [5.74, 6) is 1.97. The van der Waals surface area contributed by atoms with Crippen LogP contribution >= 0.6 is 25.0 Å². The predicted molar refractivity (Wildman–Crippen MR) is 70.1 cm³/mol. The topological polar surface area (TPSA) is 3.24 Å². The molecule has 4 bridgehead atoms. The third kappa shape index (κ3) is 1.73. The molecule has 0 N–H and O–H groups in total. The van der Waals surface area contributed by atoms with E-state index < -0.39 is 0 Å². The van der Waals surface area contributed by atoms with E-state index in [-0.39, 0.29) is 12.4 Å². The Labute approximate surface area is 105 Å². The monoisotopic (exact) mass is 247 g/mol. The van der Waals surface area contributed by atoms with Crippen LogP contribution in [0.4, 0.5) is 0 Å². The van der Waals surface area contributed by atoms with E-state index >= 15 is 0 Å². The number of hydrogen-bond acceptors (Lipinski definition) is 2. The molecular weight excluding hydrogens is 226 g/mol. The van der Waals surface area contributed by atoms with Gasteiger partial charge >= 0.3 is 0 Å². The Balaban J connectivity index is 0.000000853. The van der Waals surface area contributed by atoms with Crippen LogP contribution in [-0.2, 0) is 0 Å². The number of rotatable bonds is 1. The van der Waals surface area contributed by atoms with Gasteiger partial charge < -0.3 is 4.90 Å². The summed E-state index contributed by atoms with van der Waals surface area (Å²) < 4.78 is 0.397. The highest BCUT2D eigenvalue weighted by Gasteiger charge is 2.57. The van der Waals surface area contributed by atoms with E-state index in [9.17, 15) is 0 Å². The van der Waals surface area contributed by atoms with Crippen molar-refractivity contribution >= 4 is 25.0 Å². The van der Waals surface area contributed by atoms with Gasteiger partial charge in [0.1, 0.15) is 0 Å². The minimum atomic E-state index is 0. The molecule has 0 heterocycles. The fourth-order valence-corrected chi connectivity index (χ4v) is 5.50. The molecule has 4 saturated carbocycles. The SMILES string of the molecule is CN(C)C12CC3CC(CC(S)(C3)C1)C2.Cl. The van der Waals surface area contributed by atoms with Crippen LogP contribution in [-0.4, -0.2) is 29.3 Å². The van der Waals surface area contributed by atoms with E-state index in [4.69, 9.17) is 12.6 Å². The van der Waals surface area contributed by atoms with Crippen molar-refractivity contribution in [2.75, 3.05) is 14.1 Å². The van der Waals surface area contributed by atoms with Gasteiger partial charge in [0.05, 0.1) is 0 Å². The maximum Gasteiger partial charge on any atom is 0.0221 e. The molecular formula is C12H22ClNS. The van der Waals surface area contributed by atoms with Crippen LogP contribution in [0.3, 0.4) is 0 Å². The van der Waals surface area contributed by atoms with E-state index in [0.717, 1.165) is 11.8 Å². The van der Waals surface area contributed by atoms with Gasteiger partial charge in [-0.15, -0.1) is 12.4 Å². The van der Waals surface area contributed by atoms with Gasteiger partial charge in [0, 0.05) is 10.3 Å². The Kier molecular flexibility index (Phi) is 2.85. The van der Waals surface area contributed by atoms with Gasteiger partial charge in [-0.05, 0) is 64.5 Å². The fraction of sp³-hybridized carbons (Fsp3) is 1.00. The highest BCUT2D eigenvalue weighted by molar-refractivity contribution is 7.81. The van der Waals surface area contributed by atoms with Gasteiger partial charge in [-0.3, -0.25) is 0 Å².